The molecule has 4 heteroatoms. The number of hydrogen-bond acceptors (Lipinski definition) is 2. The Hall–Kier alpha value is -1.29. The van der Waals surface area contributed by atoms with Crippen LogP contribution in [-0.2, 0) is 4.79 Å². The van der Waals surface area contributed by atoms with E-state index >= 15 is 0 Å². The molecule has 100 valence electrons. The van der Waals surface area contributed by atoms with Crippen molar-refractivity contribution < 1.29 is 4.79 Å². The molecule has 2 heterocycles. The number of hydrogen-bond donors (Lipinski definition) is 2. The van der Waals surface area contributed by atoms with Gasteiger partial charge < -0.3 is 15.6 Å². The molecule has 1 amide bonds. The number of amides is 1. The zero-order valence-corrected chi connectivity index (χ0v) is 11.1. The molecular formula is C14H23N3O. The molecule has 18 heavy (non-hydrogen) atoms. The molecule has 1 aliphatic rings. The summed E-state index contributed by atoms with van der Waals surface area (Å²) in [6.45, 7) is 2.96. The van der Waals surface area contributed by atoms with Crippen LogP contribution >= 0.6 is 0 Å². The van der Waals surface area contributed by atoms with Gasteiger partial charge in [0.25, 0.3) is 0 Å². The molecular weight excluding hydrogens is 226 g/mol. The van der Waals surface area contributed by atoms with Gasteiger partial charge in [0.2, 0.25) is 5.91 Å². The maximum atomic E-state index is 12.3. The molecule has 1 fully saturated rings. The third-order valence-electron chi connectivity index (χ3n) is 3.65. The second-order valence-electron chi connectivity index (χ2n) is 5.12. The summed E-state index contributed by atoms with van der Waals surface area (Å²) in [6.07, 6.45) is 6.49. The molecule has 0 bridgehead atoms. The van der Waals surface area contributed by atoms with E-state index in [1.54, 1.807) is 0 Å². The lowest BCUT2D eigenvalue weighted by Crippen LogP contribution is -2.35. The second-order valence-corrected chi connectivity index (χ2v) is 5.12. The van der Waals surface area contributed by atoms with E-state index in [2.05, 4.69) is 18.0 Å². The molecule has 1 saturated heterocycles. The van der Waals surface area contributed by atoms with Gasteiger partial charge in [-0.05, 0) is 31.4 Å². The smallest absolute Gasteiger partial charge is 0.224 e. The lowest BCUT2D eigenvalue weighted by Gasteiger charge is -2.25. The maximum absolute atomic E-state index is 12.3. The molecule has 0 spiro atoms. The first-order chi connectivity index (χ1) is 8.72. The molecule has 1 aromatic heterocycles. The van der Waals surface area contributed by atoms with Crippen molar-refractivity contribution in [1.29, 1.82) is 0 Å². The Labute approximate surface area is 109 Å². The van der Waals surface area contributed by atoms with Crippen molar-refractivity contribution in [1.82, 2.24) is 9.88 Å². The first kappa shape index (κ1) is 13.1. The Balaban J connectivity index is 1.97. The number of rotatable bonds is 5. The highest BCUT2D eigenvalue weighted by molar-refractivity contribution is 5.77. The van der Waals surface area contributed by atoms with Gasteiger partial charge in [-0.3, -0.25) is 4.79 Å². The number of nitrogens with one attached hydrogen (secondary N) is 1. The summed E-state index contributed by atoms with van der Waals surface area (Å²) in [5.41, 5.74) is 7.10. The Bertz CT molecular complexity index is 374. The Morgan fingerprint density at radius 2 is 2.50 bits per heavy atom. The van der Waals surface area contributed by atoms with E-state index < -0.39 is 0 Å². The van der Waals surface area contributed by atoms with Crippen LogP contribution in [0.4, 0.5) is 0 Å². The zero-order valence-electron chi connectivity index (χ0n) is 11.1. The van der Waals surface area contributed by atoms with Gasteiger partial charge in [0.1, 0.15) is 0 Å². The third-order valence-corrected chi connectivity index (χ3v) is 3.65. The Morgan fingerprint density at radius 3 is 3.17 bits per heavy atom. The summed E-state index contributed by atoms with van der Waals surface area (Å²) in [5, 5.41) is 0. The van der Waals surface area contributed by atoms with Crippen molar-refractivity contribution in [2.75, 3.05) is 6.54 Å². The van der Waals surface area contributed by atoms with Gasteiger partial charge in [-0.1, -0.05) is 13.3 Å². The van der Waals surface area contributed by atoms with E-state index in [0.717, 1.165) is 37.9 Å². The van der Waals surface area contributed by atoms with Gasteiger partial charge in [-0.2, -0.15) is 0 Å². The van der Waals surface area contributed by atoms with Crippen molar-refractivity contribution >= 4 is 5.91 Å². The van der Waals surface area contributed by atoms with Crippen LogP contribution in [0, 0.1) is 0 Å². The van der Waals surface area contributed by atoms with Crippen molar-refractivity contribution in [2.24, 2.45) is 5.73 Å². The minimum Gasteiger partial charge on any atom is -0.363 e. The first-order valence-corrected chi connectivity index (χ1v) is 6.90. The summed E-state index contributed by atoms with van der Waals surface area (Å²) in [4.78, 5) is 17.5. The van der Waals surface area contributed by atoms with Gasteiger partial charge in [0.15, 0.2) is 0 Å². The number of carbonyl (C=O) groups is 1. The minimum absolute atomic E-state index is 0.00684. The highest BCUT2D eigenvalue weighted by atomic mass is 16.2. The standard InChI is InChI=1S/C14H23N3O/c1-2-5-11(15)10-14(18)17-9-4-7-13(17)12-6-3-8-16-12/h3,6,8,11,13,16H,2,4-5,7,9-10,15H2,1H3. The van der Waals surface area contributed by atoms with Crippen LogP contribution < -0.4 is 5.73 Å². The topological polar surface area (TPSA) is 62.1 Å². The highest BCUT2D eigenvalue weighted by Gasteiger charge is 2.30. The molecule has 0 saturated carbocycles. The van der Waals surface area contributed by atoms with E-state index in [0.29, 0.717) is 6.42 Å². The molecule has 2 unspecified atom stereocenters. The molecule has 0 aromatic carbocycles. The number of likely N-dealkylation sites (tertiary alicyclic amines) is 1. The SMILES string of the molecule is CCCC(N)CC(=O)N1CCCC1c1ccc[nH]1. The largest absolute Gasteiger partial charge is 0.363 e. The van der Waals surface area contributed by atoms with E-state index in [1.165, 1.54) is 0 Å². The van der Waals surface area contributed by atoms with E-state index in [1.807, 2.05) is 17.2 Å². The molecule has 0 radical (unpaired) electrons. The van der Waals surface area contributed by atoms with Crippen LogP contribution in [0.15, 0.2) is 18.3 Å². The second kappa shape index (κ2) is 6.05. The average molecular weight is 249 g/mol. The fraction of sp³-hybridized carbons (Fsp3) is 0.643. The van der Waals surface area contributed by atoms with Gasteiger partial charge in [-0.15, -0.1) is 0 Å². The zero-order chi connectivity index (χ0) is 13.0. The molecule has 4 nitrogen and oxygen atoms in total. The third kappa shape index (κ3) is 2.93. The number of aromatic amines is 1. The summed E-state index contributed by atoms with van der Waals surface area (Å²) in [6, 6.07) is 4.27. The van der Waals surface area contributed by atoms with Crippen LogP contribution in [0.1, 0.15) is 50.8 Å². The van der Waals surface area contributed by atoms with Crippen LogP contribution in [0.3, 0.4) is 0 Å². The maximum Gasteiger partial charge on any atom is 0.224 e. The van der Waals surface area contributed by atoms with Gasteiger partial charge in [0.05, 0.1) is 6.04 Å². The van der Waals surface area contributed by atoms with Crippen molar-refractivity contribution in [2.45, 2.75) is 51.1 Å². The van der Waals surface area contributed by atoms with Gasteiger partial charge in [-0.25, -0.2) is 0 Å². The minimum atomic E-state index is 0.00684. The quantitative estimate of drug-likeness (QED) is 0.840. The van der Waals surface area contributed by atoms with Crippen LogP contribution in [-0.4, -0.2) is 28.4 Å². The molecule has 3 N–H and O–H groups in total. The average Bonchev–Trinajstić information content (AvgIpc) is 3.00. The van der Waals surface area contributed by atoms with E-state index in [4.69, 9.17) is 5.73 Å². The summed E-state index contributed by atoms with van der Waals surface area (Å²) < 4.78 is 0. The molecule has 0 aliphatic carbocycles. The Kier molecular flexibility index (Phi) is 4.42. The number of aromatic nitrogens is 1. The molecule has 1 aliphatic heterocycles. The van der Waals surface area contributed by atoms with Crippen molar-refractivity contribution in [3.63, 3.8) is 0 Å². The normalized spacial score (nSPS) is 21.2. The fourth-order valence-corrected chi connectivity index (χ4v) is 2.75. The summed E-state index contributed by atoms with van der Waals surface area (Å²) >= 11 is 0. The van der Waals surface area contributed by atoms with Crippen LogP contribution in [0.5, 0.6) is 0 Å². The number of H-pyrrole nitrogens is 1. The van der Waals surface area contributed by atoms with E-state index in [-0.39, 0.29) is 18.0 Å². The van der Waals surface area contributed by atoms with Gasteiger partial charge in [0, 0.05) is 30.9 Å². The van der Waals surface area contributed by atoms with Crippen molar-refractivity contribution in [3.05, 3.63) is 24.0 Å². The van der Waals surface area contributed by atoms with Crippen LogP contribution in [0.2, 0.25) is 0 Å². The van der Waals surface area contributed by atoms with Crippen LogP contribution in [0.25, 0.3) is 0 Å². The van der Waals surface area contributed by atoms with E-state index in [9.17, 15) is 4.79 Å². The Morgan fingerprint density at radius 1 is 1.67 bits per heavy atom. The predicted molar refractivity (Wildman–Crippen MR) is 72.0 cm³/mol. The summed E-state index contributed by atoms with van der Waals surface area (Å²) in [7, 11) is 0. The fourth-order valence-electron chi connectivity index (χ4n) is 2.75. The first-order valence-electron chi connectivity index (χ1n) is 6.90. The summed E-state index contributed by atoms with van der Waals surface area (Å²) in [5.74, 6) is 0.202. The molecule has 2 atom stereocenters. The lowest BCUT2D eigenvalue weighted by molar-refractivity contribution is -0.132. The number of nitrogens with zero attached hydrogens (tertiary/aromatic N) is 1. The molecule has 2 rings (SSSR count). The monoisotopic (exact) mass is 249 g/mol. The lowest BCUT2D eigenvalue weighted by atomic mass is 10.1. The van der Waals surface area contributed by atoms with Gasteiger partial charge >= 0.3 is 0 Å². The predicted octanol–water partition coefficient (Wildman–Crippen LogP) is 2.20. The highest BCUT2D eigenvalue weighted by Crippen LogP contribution is 2.31. The van der Waals surface area contributed by atoms with Crippen molar-refractivity contribution in [3.8, 4) is 0 Å². The number of nitrogens with two attached hydrogens (primary N) is 1. The number of carbonyl (C=O) groups excluding carboxylic acids is 1. The molecule has 1 aromatic rings.